The highest BCUT2D eigenvalue weighted by atomic mass is 32.2. The summed E-state index contributed by atoms with van der Waals surface area (Å²) in [5.74, 6) is 1.64. The van der Waals surface area contributed by atoms with Crippen LogP contribution in [-0.4, -0.2) is 11.5 Å². The van der Waals surface area contributed by atoms with Gasteiger partial charge in [-0.05, 0) is 72.9 Å². The van der Waals surface area contributed by atoms with Gasteiger partial charge in [0.05, 0.1) is 0 Å². The third kappa shape index (κ3) is 10.3. The molecule has 1 heteroatoms. The molecular weight excluding hydrogens is 320 g/mol. The molecule has 0 saturated heterocycles. The fraction of sp³-hybridized carbons (Fsp3) is 1.00. The average Bonchev–Trinajstić information content (AvgIpc) is 2.54. The van der Waals surface area contributed by atoms with Gasteiger partial charge in [-0.25, -0.2) is 0 Å². The average molecular weight is 371 g/mol. The Balaban J connectivity index is 4.50. The van der Waals surface area contributed by atoms with Gasteiger partial charge in [0.2, 0.25) is 0 Å². The molecule has 0 nitrogen and oxygen atoms in total. The van der Waals surface area contributed by atoms with Gasteiger partial charge in [-0.15, -0.1) is 0 Å². The predicted octanol–water partition coefficient (Wildman–Crippen LogP) is 8.84. The molecule has 0 spiro atoms. The van der Waals surface area contributed by atoms with Crippen LogP contribution in [0.3, 0.4) is 0 Å². The zero-order valence-electron chi connectivity index (χ0n) is 19.6. The molecule has 25 heavy (non-hydrogen) atoms. The summed E-state index contributed by atoms with van der Waals surface area (Å²) in [5, 5.41) is 0.788. The number of thioether (sulfide) groups is 1. The highest BCUT2D eigenvalue weighted by Gasteiger charge is 2.29. The molecule has 0 N–H and O–H groups in total. The molecule has 0 aromatic heterocycles. The summed E-state index contributed by atoms with van der Waals surface area (Å²) < 4.78 is 0. The summed E-state index contributed by atoms with van der Waals surface area (Å²) in [6.07, 6.45) is 11.8. The van der Waals surface area contributed by atoms with Crippen molar-refractivity contribution in [3.63, 3.8) is 0 Å². The lowest BCUT2D eigenvalue weighted by Gasteiger charge is -2.36. The van der Waals surface area contributed by atoms with Crippen molar-refractivity contribution in [1.82, 2.24) is 0 Å². The van der Waals surface area contributed by atoms with E-state index in [1.165, 1.54) is 44.9 Å². The van der Waals surface area contributed by atoms with Crippen LogP contribution in [-0.2, 0) is 0 Å². The Morgan fingerprint density at radius 1 is 0.760 bits per heavy atom. The molecule has 0 aromatic rings. The maximum atomic E-state index is 2.54. The van der Waals surface area contributed by atoms with Crippen molar-refractivity contribution in [2.75, 3.05) is 6.26 Å². The van der Waals surface area contributed by atoms with E-state index in [1.54, 1.807) is 0 Å². The van der Waals surface area contributed by atoms with Crippen LogP contribution in [0.1, 0.15) is 114 Å². The fourth-order valence-corrected chi connectivity index (χ4v) is 3.93. The minimum absolute atomic E-state index is 0.443. The van der Waals surface area contributed by atoms with Crippen LogP contribution < -0.4 is 0 Å². The molecule has 0 bridgehead atoms. The van der Waals surface area contributed by atoms with E-state index in [0.29, 0.717) is 16.2 Å². The van der Waals surface area contributed by atoms with Gasteiger partial charge < -0.3 is 0 Å². The Labute approximate surface area is 165 Å². The van der Waals surface area contributed by atoms with E-state index in [0.717, 1.165) is 17.1 Å². The smallest absolute Gasteiger partial charge is 0.00415 e. The summed E-state index contributed by atoms with van der Waals surface area (Å²) in [6, 6.07) is 0. The molecule has 0 aliphatic carbocycles. The van der Waals surface area contributed by atoms with Gasteiger partial charge in [0.15, 0.2) is 0 Å². The van der Waals surface area contributed by atoms with Gasteiger partial charge in [0, 0.05) is 5.25 Å². The van der Waals surface area contributed by atoms with Crippen LogP contribution in [0.4, 0.5) is 0 Å². The normalized spacial score (nSPS) is 19.3. The van der Waals surface area contributed by atoms with Crippen LogP contribution in [0, 0.1) is 28.1 Å². The number of hydrogen-bond acceptors (Lipinski definition) is 1. The largest absolute Gasteiger partial charge is 0.162 e. The van der Waals surface area contributed by atoms with E-state index in [1.807, 2.05) is 11.8 Å². The quantitative estimate of drug-likeness (QED) is 0.330. The molecule has 4 atom stereocenters. The molecule has 0 aliphatic rings. The first-order valence-corrected chi connectivity index (χ1v) is 12.1. The Hall–Kier alpha value is 0.350. The van der Waals surface area contributed by atoms with Crippen LogP contribution in [0.15, 0.2) is 0 Å². The zero-order valence-corrected chi connectivity index (χ0v) is 20.4. The predicted molar refractivity (Wildman–Crippen MR) is 121 cm³/mol. The van der Waals surface area contributed by atoms with E-state index in [4.69, 9.17) is 0 Å². The van der Waals surface area contributed by atoms with E-state index >= 15 is 0 Å². The first-order valence-electron chi connectivity index (χ1n) is 10.8. The third-order valence-electron chi connectivity index (χ3n) is 7.37. The van der Waals surface area contributed by atoms with Crippen molar-refractivity contribution < 1.29 is 0 Å². The van der Waals surface area contributed by atoms with Crippen molar-refractivity contribution >= 4 is 11.8 Å². The van der Waals surface area contributed by atoms with E-state index < -0.39 is 0 Å². The maximum Gasteiger partial charge on any atom is 0.00415 e. The van der Waals surface area contributed by atoms with Crippen molar-refractivity contribution in [3.8, 4) is 0 Å². The maximum absolute atomic E-state index is 2.54. The number of hydrogen-bond donors (Lipinski definition) is 0. The van der Waals surface area contributed by atoms with Crippen LogP contribution in [0.25, 0.3) is 0 Å². The molecule has 0 amide bonds. The second-order valence-corrected chi connectivity index (χ2v) is 12.3. The molecular formula is C24H50S. The second-order valence-electron chi connectivity index (χ2n) is 11.1. The molecule has 0 heterocycles. The number of rotatable bonds is 12. The van der Waals surface area contributed by atoms with Gasteiger partial charge in [0.25, 0.3) is 0 Å². The zero-order chi connectivity index (χ0) is 19.9. The monoisotopic (exact) mass is 370 g/mol. The van der Waals surface area contributed by atoms with Crippen LogP contribution >= 0.6 is 11.8 Å². The van der Waals surface area contributed by atoms with E-state index in [-0.39, 0.29) is 0 Å². The Morgan fingerprint density at radius 2 is 1.32 bits per heavy atom. The lowest BCUT2D eigenvalue weighted by molar-refractivity contribution is 0.155. The summed E-state index contributed by atoms with van der Waals surface area (Å²) in [6.45, 7) is 24.4. The van der Waals surface area contributed by atoms with Crippen molar-refractivity contribution in [2.24, 2.45) is 28.1 Å². The summed E-state index contributed by atoms with van der Waals surface area (Å²) in [4.78, 5) is 0. The van der Waals surface area contributed by atoms with Crippen LogP contribution in [0.2, 0.25) is 0 Å². The lowest BCUT2D eigenvalue weighted by atomic mass is 9.69. The molecule has 0 saturated carbocycles. The van der Waals surface area contributed by atoms with Crippen molar-refractivity contribution in [2.45, 2.75) is 119 Å². The van der Waals surface area contributed by atoms with E-state index in [2.05, 4.69) is 75.5 Å². The Morgan fingerprint density at radius 3 is 1.76 bits per heavy atom. The molecule has 0 radical (unpaired) electrons. The van der Waals surface area contributed by atoms with Gasteiger partial charge in [0.1, 0.15) is 0 Å². The van der Waals surface area contributed by atoms with Crippen LogP contribution in [0.5, 0.6) is 0 Å². The lowest BCUT2D eigenvalue weighted by Crippen LogP contribution is -2.24. The van der Waals surface area contributed by atoms with Crippen molar-refractivity contribution in [3.05, 3.63) is 0 Å². The highest BCUT2D eigenvalue weighted by Crippen LogP contribution is 2.42. The standard InChI is InChI=1S/C24H50S/c1-12-24(10,16-14-20(3)22(5,6)7)18-17-23(8,9)15-13-19(2)21(4)25-11/h19-21H,12-18H2,1-11H3. The molecule has 0 aromatic carbocycles. The Bertz CT molecular complexity index is 352. The Kier molecular flexibility index (Phi) is 10.8. The van der Waals surface area contributed by atoms with Crippen molar-refractivity contribution in [1.29, 1.82) is 0 Å². The molecule has 0 rings (SSSR count). The molecule has 0 aliphatic heterocycles. The first kappa shape index (κ1) is 25.4. The van der Waals surface area contributed by atoms with Gasteiger partial charge >= 0.3 is 0 Å². The third-order valence-corrected chi connectivity index (χ3v) is 8.58. The molecule has 152 valence electrons. The first-order chi connectivity index (χ1) is 11.3. The van der Waals surface area contributed by atoms with Gasteiger partial charge in [-0.1, -0.05) is 75.7 Å². The SMILES string of the molecule is CCC(C)(CCC(C)C(C)(C)C)CCC(C)(C)CCC(C)C(C)SC. The summed E-state index contributed by atoms with van der Waals surface area (Å²) >= 11 is 2.02. The fourth-order valence-electron chi connectivity index (χ4n) is 3.33. The minimum Gasteiger partial charge on any atom is -0.162 e. The van der Waals surface area contributed by atoms with Gasteiger partial charge in [-0.3, -0.25) is 0 Å². The summed E-state index contributed by atoms with van der Waals surface area (Å²) in [7, 11) is 0. The molecule has 0 fully saturated rings. The minimum atomic E-state index is 0.443. The molecule has 4 unspecified atom stereocenters. The topological polar surface area (TPSA) is 0 Å². The highest BCUT2D eigenvalue weighted by molar-refractivity contribution is 7.99. The van der Waals surface area contributed by atoms with E-state index in [9.17, 15) is 0 Å². The summed E-state index contributed by atoms with van der Waals surface area (Å²) in [5.41, 5.74) is 1.45. The second kappa shape index (κ2) is 10.6. The van der Waals surface area contributed by atoms with Gasteiger partial charge in [-0.2, -0.15) is 11.8 Å².